The van der Waals surface area contributed by atoms with E-state index in [1.165, 1.54) is 0 Å². The number of aromatic amines is 1. The number of aromatic nitrogens is 2. The number of benzene rings is 3. The van der Waals surface area contributed by atoms with Gasteiger partial charge in [0.05, 0.1) is 19.0 Å². The Bertz CT molecular complexity index is 1200. The van der Waals surface area contributed by atoms with E-state index in [9.17, 15) is 4.79 Å². The maximum Gasteiger partial charge on any atom is 0.289 e. The van der Waals surface area contributed by atoms with Crippen LogP contribution in [0.3, 0.4) is 0 Å². The third-order valence-electron chi connectivity index (χ3n) is 4.70. The van der Waals surface area contributed by atoms with Crippen molar-refractivity contribution < 1.29 is 14.3 Å². The molecule has 2 N–H and O–H groups in total. The van der Waals surface area contributed by atoms with Crippen LogP contribution in [0.4, 0.5) is 0 Å². The van der Waals surface area contributed by atoms with Gasteiger partial charge >= 0.3 is 0 Å². The second kappa shape index (κ2) is 10.1. The number of hydrogen-bond acceptors (Lipinski definition) is 5. The molecule has 4 rings (SSSR count). The summed E-state index contributed by atoms with van der Waals surface area (Å²) < 4.78 is 11.3. The molecular formula is C25H22N4O3. The number of ether oxygens (including phenoxy) is 2. The SMILES string of the molecule is COc1ccc(/C=N\NC(=O)c2cc(-c3ccccc3)n[nH]2)cc1OCc1ccccc1. The molecule has 0 spiro atoms. The van der Waals surface area contributed by atoms with Crippen LogP contribution in [0.25, 0.3) is 11.3 Å². The normalized spacial score (nSPS) is 10.8. The largest absolute Gasteiger partial charge is 0.493 e. The Hall–Kier alpha value is -4.39. The lowest BCUT2D eigenvalue weighted by Gasteiger charge is -2.11. The highest BCUT2D eigenvalue weighted by Crippen LogP contribution is 2.28. The Kier molecular flexibility index (Phi) is 6.57. The van der Waals surface area contributed by atoms with Gasteiger partial charge < -0.3 is 9.47 Å². The summed E-state index contributed by atoms with van der Waals surface area (Å²) in [6.07, 6.45) is 1.54. The number of amides is 1. The van der Waals surface area contributed by atoms with Gasteiger partial charge in [-0.25, -0.2) is 5.43 Å². The fourth-order valence-corrected chi connectivity index (χ4v) is 3.04. The molecule has 0 aliphatic heterocycles. The summed E-state index contributed by atoms with van der Waals surface area (Å²) >= 11 is 0. The fourth-order valence-electron chi connectivity index (χ4n) is 3.04. The maximum atomic E-state index is 12.4. The predicted molar refractivity (Wildman–Crippen MR) is 123 cm³/mol. The Morgan fingerprint density at radius 2 is 1.75 bits per heavy atom. The molecule has 0 fully saturated rings. The number of rotatable bonds is 8. The van der Waals surface area contributed by atoms with Crippen molar-refractivity contribution in [1.29, 1.82) is 0 Å². The van der Waals surface area contributed by atoms with Gasteiger partial charge in [0.1, 0.15) is 12.3 Å². The monoisotopic (exact) mass is 426 g/mol. The first-order valence-electron chi connectivity index (χ1n) is 10.0. The third kappa shape index (κ3) is 5.20. The van der Waals surface area contributed by atoms with E-state index >= 15 is 0 Å². The van der Waals surface area contributed by atoms with Crippen molar-refractivity contribution >= 4 is 12.1 Å². The van der Waals surface area contributed by atoms with E-state index in [0.717, 1.165) is 16.7 Å². The molecule has 0 atom stereocenters. The first-order valence-corrected chi connectivity index (χ1v) is 10.0. The van der Waals surface area contributed by atoms with Gasteiger partial charge in [-0.2, -0.15) is 10.2 Å². The molecule has 7 nitrogen and oxygen atoms in total. The van der Waals surface area contributed by atoms with Crippen LogP contribution in [0.5, 0.6) is 11.5 Å². The van der Waals surface area contributed by atoms with Crippen LogP contribution < -0.4 is 14.9 Å². The summed E-state index contributed by atoms with van der Waals surface area (Å²) in [6.45, 7) is 0.415. The van der Waals surface area contributed by atoms with Gasteiger partial charge in [0, 0.05) is 5.56 Å². The van der Waals surface area contributed by atoms with Crippen molar-refractivity contribution in [2.24, 2.45) is 5.10 Å². The van der Waals surface area contributed by atoms with E-state index in [0.29, 0.717) is 29.5 Å². The second-order valence-corrected chi connectivity index (χ2v) is 6.92. The van der Waals surface area contributed by atoms with Crippen molar-refractivity contribution in [2.75, 3.05) is 7.11 Å². The zero-order valence-electron chi connectivity index (χ0n) is 17.5. The summed E-state index contributed by atoms with van der Waals surface area (Å²) in [5, 5.41) is 11.0. The minimum absolute atomic E-state index is 0.322. The number of hydrazone groups is 1. The first-order chi connectivity index (χ1) is 15.7. The average Bonchev–Trinajstić information content (AvgIpc) is 3.35. The summed E-state index contributed by atoms with van der Waals surface area (Å²) in [6, 6.07) is 26.6. The van der Waals surface area contributed by atoms with E-state index in [1.54, 1.807) is 31.5 Å². The Morgan fingerprint density at radius 3 is 2.50 bits per heavy atom. The molecule has 0 unspecified atom stereocenters. The molecule has 4 aromatic rings. The van der Waals surface area contributed by atoms with Crippen LogP contribution in [-0.2, 0) is 6.61 Å². The molecule has 0 saturated carbocycles. The molecule has 32 heavy (non-hydrogen) atoms. The standard InChI is InChI=1S/C25H22N4O3/c1-31-23-13-12-19(14-24(23)32-17-18-8-4-2-5-9-18)16-26-29-25(30)22-15-21(27-28-22)20-10-6-3-7-11-20/h2-16H,17H2,1H3,(H,27,28)(H,29,30)/b26-16-. The predicted octanol–water partition coefficient (Wildman–Crippen LogP) is 4.43. The molecule has 0 bridgehead atoms. The van der Waals surface area contributed by atoms with Gasteiger partial charge in [0.15, 0.2) is 11.5 Å². The quantitative estimate of drug-likeness (QED) is 0.322. The summed E-state index contributed by atoms with van der Waals surface area (Å²) in [4.78, 5) is 12.4. The summed E-state index contributed by atoms with van der Waals surface area (Å²) in [5.41, 5.74) is 6.25. The van der Waals surface area contributed by atoms with Crippen molar-refractivity contribution in [2.45, 2.75) is 6.61 Å². The highest BCUT2D eigenvalue weighted by Gasteiger charge is 2.10. The molecular weight excluding hydrogens is 404 g/mol. The number of nitrogens with one attached hydrogen (secondary N) is 2. The number of methoxy groups -OCH3 is 1. The Balaban J connectivity index is 1.39. The van der Waals surface area contributed by atoms with Gasteiger partial charge in [-0.05, 0) is 35.4 Å². The smallest absolute Gasteiger partial charge is 0.289 e. The molecule has 0 saturated heterocycles. The Morgan fingerprint density at radius 1 is 1.00 bits per heavy atom. The molecule has 3 aromatic carbocycles. The molecule has 1 amide bonds. The third-order valence-corrected chi connectivity index (χ3v) is 4.70. The van der Waals surface area contributed by atoms with Crippen molar-refractivity contribution in [3.05, 3.63) is 102 Å². The van der Waals surface area contributed by atoms with E-state index in [4.69, 9.17) is 9.47 Å². The van der Waals surface area contributed by atoms with Crippen LogP contribution in [0.2, 0.25) is 0 Å². The molecule has 0 aliphatic carbocycles. The minimum Gasteiger partial charge on any atom is -0.493 e. The van der Waals surface area contributed by atoms with E-state index in [1.807, 2.05) is 66.7 Å². The number of H-pyrrole nitrogens is 1. The van der Waals surface area contributed by atoms with Crippen molar-refractivity contribution in [3.8, 4) is 22.8 Å². The molecule has 0 aliphatic rings. The number of hydrogen-bond donors (Lipinski definition) is 2. The first kappa shape index (κ1) is 20.9. The molecule has 1 aromatic heterocycles. The highest BCUT2D eigenvalue weighted by atomic mass is 16.5. The second-order valence-electron chi connectivity index (χ2n) is 6.92. The zero-order chi connectivity index (χ0) is 22.2. The van der Waals surface area contributed by atoms with Gasteiger partial charge in [-0.1, -0.05) is 60.7 Å². The molecule has 160 valence electrons. The van der Waals surface area contributed by atoms with Gasteiger partial charge in [0.25, 0.3) is 5.91 Å². The van der Waals surface area contributed by atoms with Crippen molar-refractivity contribution in [1.82, 2.24) is 15.6 Å². The minimum atomic E-state index is -0.384. The summed E-state index contributed by atoms with van der Waals surface area (Å²) in [5.74, 6) is 0.825. The maximum absolute atomic E-state index is 12.4. The van der Waals surface area contributed by atoms with Crippen LogP contribution >= 0.6 is 0 Å². The Labute approximate surface area is 185 Å². The lowest BCUT2D eigenvalue weighted by molar-refractivity contribution is 0.0950. The highest BCUT2D eigenvalue weighted by molar-refractivity contribution is 5.94. The lowest BCUT2D eigenvalue weighted by atomic mass is 10.1. The number of nitrogens with zero attached hydrogens (tertiary/aromatic N) is 2. The molecule has 1 heterocycles. The summed E-state index contributed by atoms with van der Waals surface area (Å²) in [7, 11) is 1.59. The number of carbonyl (C=O) groups excluding carboxylic acids is 1. The number of carbonyl (C=O) groups is 1. The topological polar surface area (TPSA) is 88.6 Å². The fraction of sp³-hybridized carbons (Fsp3) is 0.0800. The van der Waals surface area contributed by atoms with Crippen LogP contribution in [-0.4, -0.2) is 29.4 Å². The zero-order valence-corrected chi connectivity index (χ0v) is 17.5. The van der Waals surface area contributed by atoms with E-state index < -0.39 is 0 Å². The van der Waals surface area contributed by atoms with Crippen LogP contribution in [0, 0.1) is 0 Å². The van der Waals surface area contributed by atoms with Gasteiger partial charge in [-0.15, -0.1) is 0 Å². The van der Waals surface area contributed by atoms with Crippen LogP contribution in [0.15, 0.2) is 90.0 Å². The lowest BCUT2D eigenvalue weighted by Crippen LogP contribution is -2.18. The average molecular weight is 426 g/mol. The molecule has 7 heteroatoms. The van der Waals surface area contributed by atoms with E-state index in [-0.39, 0.29) is 5.91 Å². The molecule has 0 radical (unpaired) electrons. The van der Waals surface area contributed by atoms with Crippen molar-refractivity contribution in [3.63, 3.8) is 0 Å². The van der Waals surface area contributed by atoms with E-state index in [2.05, 4.69) is 20.7 Å². The van der Waals surface area contributed by atoms with Crippen LogP contribution in [0.1, 0.15) is 21.6 Å². The van der Waals surface area contributed by atoms with Gasteiger partial charge in [0.2, 0.25) is 0 Å². The van der Waals surface area contributed by atoms with Gasteiger partial charge in [-0.3, -0.25) is 9.89 Å².